The van der Waals surface area contributed by atoms with Gasteiger partial charge in [-0.2, -0.15) is 0 Å². The number of hydrogen-bond donors (Lipinski definition) is 0. The Morgan fingerprint density at radius 3 is 2.69 bits per heavy atom. The number of piperidine rings is 1. The first-order valence-electron chi connectivity index (χ1n) is 10.2. The van der Waals surface area contributed by atoms with Gasteiger partial charge in [0.05, 0.1) is 11.1 Å². The third-order valence-corrected chi connectivity index (χ3v) is 6.91. The van der Waals surface area contributed by atoms with Crippen LogP contribution in [-0.4, -0.2) is 52.4 Å². The smallest absolute Gasteiger partial charge is 0.292 e. The minimum absolute atomic E-state index is 0.105. The molecular formula is C20H27N3O3. The summed E-state index contributed by atoms with van der Waals surface area (Å²) in [4.78, 5) is 30.1. The molecule has 0 radical (unpaired) electrons. The topological polar surface area (TPSA) is 66.7 Å². The summed E-state index contributed by atoms with van der Waals surface area (Å²) < 4.78 is 5.31. The third kappa shape index (κ3) is 2.65. The second-order valence-corrected chi connectivity index (χ2v) is 8.69. The summed E-state index contributed by atoms with van der Waals surface area (Å²) in [7, 11) is 0. The molecule has 2 aliphatic heterocycles. The highest BCUT2D eigenvalue weighted by molar-refractivity contribution is 5.93. The van der Waals surface area contributed by atoms with Crippen LogP contribution >= 0.6 is 0 Å². The zero-order valence-corrected chi connectivity index (χ0v) is 15.3. The van der Waals surface area contributed by atoms with Crippen LogP contribution in [0.2, 0.25) is 0 Å². The molecule has 4 fully saturated rings. The molecule has 2 amide bonds. The van der Waals surface area contributed by atoms with E-state index in [1.165, 1.54) is 12.8 Å². The highest BCUT2D eigenvalue weighted by Crippen LogP contribution is 2.43. The van der Waals surface area contributed by atoms with Crippen molar-refractivity contribution in [1.82, 2.24) is 15.0 Å². The van der Waals surface area contributed by atoms with E-state index >= 15 is 0 Å². The van der Waals surface area contributed by atoms with E-state index in [1.807, 2.05) is 4.90 Å². The van der Waals surface area contributed by atoms with Crippen molar-refractivity contribution in [2.24, 2.45) is 5.41 Å². The molecule has 0 N–H and O–H groups in total. The number of carbonyl (C=O) groups excluding carboxylic acids is 2. The summed E-state index contributed by atoms with van der Waals surface area (Å²) in [6, 6.07) is 2.23. The lowest BCUT2D eigenvalue weighted by molar-refractivity contribution is -0.148. The summed E-state index contributed by atoms with van der Waals surface area (Å²) in [6.45, 7) is 2.07. The molecule has 1 spiro atoms. The lowest BCUT2D eigenvalue weighted by Gasteiger charge is -2.42. The van der Waals surface area contributed by atoms with E-state index in [-0.39, 0.29) is 11.3 Å². The van der Waals surface area contributed by atoms with Crippen LogP contribution in [0.15, 0.2) is 10.6 Å². The van der Waals surface area contributed by atoms with Crippen molar-refractivity contribution in [1.29, 1.82) is 0 Å². The molecule has 2 saturated heterocycles. The predicted molar refractivity (Wildman–Crippen MR) is 94.6 cm³/mol. The Balaban J connectivity index is 1.30. The number of carbonyl (C=O) groups is 2. The van der Waals surface area contributed by atoms with E-state index in [1.54, 1.807) is 6.07 Å². The van der Waals surface area contributed by atoms with E-state index in [4.69, 9.17) is 4.52 Å². The van der Waals surface area contributed by atoms with Crippen LogP contribution in [0.4, 0.5) is 0 Å². The first-order chi connectivity index (χ1) is 12.7. The second kappa shape index (κ2) is 6.10. The molecule has 0 bridgehead atoms. The largest absolute Gasteiger partial charge is 0.351 e. The molecule has 6 nitrogen and oxygen atoms in total. The van der Waals surface area contributed by atoms with Crippen molar-refractivity contribution in [2.75, 3.05) is 19.6 Å². The van der Waals surface area contributed by atoms with Crippen LogP contribution < -0.4 is 0 Å². The predicted octanol–water partition coefficient (Wildman–Crippen LogP) is 2.95. The lowest BCUT2D eigenvalue weighted by atomic mass is 9.77. The molecule has 1 aromatic rings. The van der Waals surface area contributed by atoms with Gasteiger partial charge >= 0.3 is 0 Å². The first kappa shape index (κ1) is 16.3. The van der Waals surface area contributed by atoms with E-state index in [0.717, 1.165) is 57.2 Å². The fourth-order valence-electron chi connectivity index (χ4n) is 5.21. The molecule has 4 aliphatic rings. The summed E-state index contributed by atoms with van der Waals surface area (Å²) in [6.07, 6.45) is 9.78. The van der Waals surface area contributed by atoms with E-state index in [0.29, 0.717) is 36.7 Å². The monoisotopic (exact) mass is 357 g/mol. The lowest BCUT2D eigenvalue weighted by Crippen LogP contribution is -2.53. The Hall–Kier alpha value is -1.85. The molecule has 26 heavy (non-hydrogen) atoms. The van der Waals surface area contributed by atoms with Crippen LogP contribution in [0.25, 0.3) is 0 Å². The molecule has 5 rings (SSSR count). The maximum atomic E-state index is 13.3. The van der Waals surface area contributed by atoms with Crippen molar-refractivity contribution in [3.05, 3.63) is 17.5 Å². The van der Waals surface area contributed by atoms with E-state index in [9.17, 15) is 9.59 Å². The molecule has 1 atom stereocenters. The molecule has 6 heteroatoms. The summed E-state index contributed by atoms with van der Waals surface area (Å²) >= 11 is 0. The Labute approximate surface area is 153 Å². The van der Waals surface area contributed by atoms with Gasteiger partial charge in [0.2, 0.25) is 11.7 Å². The Bertz CT molecular complexity index is 720. The second-order valence-electron chi connectivity index (χ2n) is 8.69. The molecule has 3 heterocycles. The summed E-state index contributed by atoms with van der Waals surface area (Å²) in [5.41, 5.74) is 0.541. The number of nitrogens with zero attached hydrogens (tertiary/aromatic N) is 3. The van der Waals surface area contributed by atoms with Gasteiger partial charge in [-0.1, -0.05) is 18.0 Å². The van der Waals surface area contributed by atoms with Crippen LogP contribution in [0, 0.1) is 5.41 Å². The Morgan fingerprint density at radius 2 is 1.92 bits per heavy atom. The van der Waals surface area contributed by atoms with Gasteiger partial charge in [-0.3, -0.25) is 9.59 Å². The average molecular weight is 357 g/mol. The third-order valence-electron chi connectivity index (χ3n) is 6.91. The molecule has 0 aromatic carbocycles. The highest BCUT2D eigenvalue weighted by atomic mass is 16.5. The molecule has 1 aromatic heterocycles. The quantitative estimate of drug-likeness (QED) is 0.834. The first-order valence-corrected chi connectivity index (χ1v) is 10.2. The van der Waals surface area contributed by atoms with Crippen LogP contribution in [0.5, 0.6) is 0 Å². The van der Waals surface area contributed by atoms with Gasteiger partial charge in [-0.25, -0.2) is 0 Å². The summed E-state index contributed by atoms with van der Waals surface area (Å²) in [5, 5.41) is 4.06. The van der Waals surface area contributed by atoms with Crippen molar-refractivity contribution in [3.63, 3.8) is 0 Å². The molecule has 0 unspecified atom stereocenters. The van der Waals surface area contributed by atoms with Crippen LogP contribution in [0.3, 0.4) is 0 Å². The van der Waals surface area contributed by atoms with E-state index in [2.05, 4.69) is 10.1 Å². The highest BCUT2D eigenvalue weighted by Gasteiger charge is 2.51. The molecule has 2 aliphatic carbocycles. The SMILES string of the molecule is O=C(c1cc(C2CC2)no1)N1CC[C@]2(CCCN(C3CCCC3)C2=O)C1. The van der Waals surface area contributed by atoms with Crippen molar-refractivity contribution >= 4 is 11.8 Å². The van der Waals surface area contributed by atoms with Crippen molar-refractivity contribution in [3.8, 4) is 0 Å². The number of likely N-dealkylation sites (tertiary alicyclic amines) is 2. The standard InChI is InChI=1S/C20H27N3O3/c24-18(17-12-16(21-26-17)14-6-7-14)22-11-9-20(13-22)8-3-10-23(19(20)25)15-4-1-2-5-15/h12,14-15H,1-11,13H2/t20-/m1/s1. The van der Waals surface area contributed by atoms with Gasteiger partial charge < -0.3 is 14.3 Å². The normalized spacial score (nSPS) is 29.9. The van der Waals surface area contributed by atoms with Gasteiger partial charge in [-0.15, -0.1) is 0 Å². The number of hydrogen-bond acceptors (Lipinski definition) is 4. The van der Waals surface area contributed by atoms with Crippen molar-refractivity contribution in [2.45, 2.75) is 69.7 Å². The maximum Gasteiger partial charge on any atom is 0.292 e. The van der Waals surface area contributed by atoms with Gasteiger partial charge in [0.15, 0.2) is 0 Å². The molecular weight excluding hydrogens is 330 g/mol. The van der Waals surface area contributed by atoms with Gasteiger partial charge in [0.25, 0.3) is 5.91 Å². The fraction of sp³-hybridized carbons (Fsp3) is 0.750. The molecule has 2 saturated carbocycles. The van der Waals surface area contributed by atoms with E-state index < -0.39 is 0 Å². The zero-order valence-electron chi connectivity index (χ0n) is 15.3. The van der Waals surface area contributed by atoms with Gasteiger partial charge in [-0.05, 0) is 44.9 Å². The number of aromatic nitrogens is 1. The minimum Gasteiger partial charge on any atom is -0.351 e. The fourth-order valence-corrected chi connectivity index (χ4v) is 5.21. The van der Waals surface area contributed by atoms with Crippen LogP contribution in [-0.2, 0) is 4.79 Å². The minimum atomic E-state index is -0.365. The maximum absolute atomic E-state index is 13.3. The summed E-state index contributed by atoms with van der Waals surface area (Å²) in [5.74, 6) is 0.999. The Morgan fingerprint density at radius 1 is 1.12 bits per heavy atom. The molecule has 140 valence electrons. The van der Waals surface area contributed by atoms with Crippen molar-refractivity contribution < 1.29 is 14.1 Å². The zero-order chi connectivity index (χ0) is 17.7. The van der Waals surface area contributed by atoms with Gasteiger partial charge in [0.1, 0.15) is 0 Å². The Kier molecular flexibility index (Phi) is 3.83. The number of amides is 2. The number of rotatable bonds is 3. The average Bonchev–Trinajstić information content (AvgIpc) is 3.10. The van der Waals surface area contributed by atoms with Gasteiger partial charge in [0, 0.05) is 37.7 Å². The van der Waals surface area contributed by atoms with Crippen LogP contribution in [0.1, 0.15) is 80.0 Å².